The average Bonchev–Trinajstić information content (AvgIpc) is 4.01. The fourth-order valence-corrected chi connectivity index (χ4v) is 13.7. The maximum Gasteiger partial charge on any atom is 0.113 e. The summed E-state index contributed by atoms with van der Waals surface area (Å²) in [6.45, 7) is 3.33. The SMILES string of the molecule is COC[C@H]1CC[C@H](NCC[C@@]2(c3ccccn3)CCOC3(CCCC3)C2)c2ccccc21.FCCO[C@H]1CC[C@H](CCC[C@@]2(c3ccccn3)CCOC3(CCCC3)C2)c2ccccc21. The molecule has 2 saturated carbocycles. The Labute approximate surface area is 389 Å². The summed E-state index contributed by atoms with van der Waals surface area (Å²) in [5, 5.41) is 3.95. The molecule has 2 aliphatic heterocycles. The van der Waals surface area contributed by atoms with Gasteiger partial charge in [-0.25, -0.2) is 4.39 Å². The number of halogens is 1. The second kappa shape index (κ2) is 21.6. The van der Waals surface area contributed by atoms with Gasteiger partial charge in [0.1, 0.15) is 6.67 Å². The van der Waals surface area contributed by atoms with Crippen molar-refractivity contribution in [2.45, 2.75) is 174 Å². The molecule has 350 valence electrons. The molecule has 4 heterocycles. The van der Waals surface area contributed by atoms with Crippen LogP contribution in [0.1, 0.15) is 186 Å². The van der Waals surface area contributed by atoms with Crippen LogP contribution >= 0.6 is 0 Å². The number of fused-ring (bicyclic) bond motifs is 2. The number of methoxy groups -OCH3 is 1. The summed E-state index contributed by atoms with van der Waals surface area (Å²) >= 11 is 0. The molecule has 2 spiro atoms. The van der Waals surface area contributed by atoms with Crippen molar-refractivity contribution in [3.05, 3.63) is 131 Å². The first-order chi connectivity index (χ1) is 32.0. The third-order valence-electron chi connectivity index (χ3n) is 16.9. The number of pyridine rings is 2. The molecule has 8 heteroatoms. The Hall–Kier alpha value is -3.53. The molecule has 2 aromatic heterocycles. The fraction of sp³-hybridized carbons (Fsp3) is 0.614. The largest absolute Gasteiger partial charge is 0.384 e. The van der Waals surface area contributed by atoms with Crippen LogP contribution in [-0.4, -0.2) is 67.9 Å². The zero-order valence-electron chi connectivity index (χ0n) is 39.3. The lowest BCUT2D eigenvalue weighted by Gasteiger charge is -2.46. The van der Waals surface area contributed by atoms with E-state index in [1.807, 2.05) is 31.6 Å². The smallest absolute Gasteiger partial charge is 0.113 e. The van der Waals surface area contributed by atoms with Gasteiger partial charge in [-0.3, -0.25) is 9.97 Å². The number of hydrogen-bond donors (Lipinski definition) is 1. The normalized spacial score (nSPS) is 28.9. The second-order valence-electron chi connectivity index (χ2n) is 20.8. The number of alkyl halides is 1. The van der Waals surface area contributed by atoms with E-state index in [2.05, 4.69) is 78.1 Å². The molecule has 4 aliphatic carbocycles. The van der Waals surface area contributed by atoms with Gasteiger partial charge in [-0.1, -0.05) is 92.8 Å². The monoisotopic (exact) mass is 886 g/mol. The molecule has 2 aromatic carbocycles. The van der Waals surface area contributed by atoms with Gasteiger partial charge in [-0.15, -0.1) is 0 Å². The van der Waals surface area contributed by atoms with Crippen LogP contribution in [0.3, 0.4) is 0 Å². The lowest BCUT2D eigenvalue weighted by molar-refractivity contribution is -0.105. The molecule has 0 unspecified atom stereocenters. The molecule has 6 atom stereocenters. The van der Waals surface area contributed by atoms with Crippen LogP contribution in [0.25, 0.3) is 0 Å². The zero-order valence-corrected chi connectivity index (χ0v) is 39.3. The molecular weight excluding hydrogens is 810 g/mol. The van der Waals surface area contributed by atoms with Crippen molar-refractivity contribution in [1.82, 2.24) is 15.3 Å². The van der Waals surface area contributed by atoms with Crippen molar-refractivity contribution in [3.8, 4) is 0 Å². The molecular formula is C57H76FN3O4. The van der Waals surface area contributed by atoms with Crippen molar-refractivity contribution in [3.63, 3.8) is 0 Å². The summed E-state index contributed by atoms with van der Waals surface area (Å²) in [7, 11) is 1.81. The van der Waals surface area contributed by atoms with E-state index < -0.39 is 6.67 Å². The highest BCUT2D eigenvalue weighted by Gasteiger charge is 2.50. The highest BCUT2D eigenvalue weighted by Crippen LogP contribution is 2.52. The maximum atomic E-state index is 12.7. The summed E-state index contributed by atoms with van der Waals surface area (Å²) in [5.74, 6) is 1.08. The van der Waals surface area contributed by atoms with Gasteiger partial charge in [-0.05, 0) is 155 Å². The Morgan fingerprint density at radius 3 is 1.77 bits per heavy atom. The lowest BCUT2D eigenvalue weighted by Crippen LogP contribution is -2.47. The third kappa shape index (κ3) is 10.6. The van der Waals surface area contributed by atoms with E-state index in [0.717, 1.165) is 71.3 Å². The van der Waals surface area contributed by atoms with Gasteiger partial charge in [0.2, 0.25) is 0 Å². The summed E-state index contributed by atoms with van der Waals surface area (Å²) in [5.41, 5.74) is 8.56. The summed E-state index contributed by atoms with van der Waals surface area (Å²) in [6, 6.07) is 30.9. The average molecular weight is 886 g/mol. The molecule has 65 heavy (non-hydrogen) atoms. The molecule has 4 aromatic rings. The Morgan fingerprint density at radius 2 is 1.18 bits per heavy atom. The molecule has 1 N–H and O–H groups in total. The van der Waals surface area contributed by atoms with Crippen molar-refractivity contribution in [2.24, 2.45) is 0 Å². The predicted octanol–water partition coefficient (Wildman–Crippen LogP) is 12.9. The van der Waals surface area contributed by atoms with Crippen molar-refractivity contribution in [2.75, 3.05) is 46.8 Å². The van der Waals surface area contributed by atoms with Gasteiger partial charge in [0, 0.05) is 66.9 Å². The van der Waals surface area contributed by atoms with Crippen LogP contribution in [0, 0.1) is 0 Å². The Kier molecular flexibility index (Phi) is 15.5. The van der Waals surface area contributed by atoms with E-state index in [9.17, 15) is 4.39 Å². The molecule has 2 saturated heterocycles. The molecule has 0 radical (unpaired) electrons. The van der Waals surface area contributed by atoms with Crippen LogP contribution in [0.15, 0.2) is 97.3 Å². The number of nitrogens with zero attached hydrogens (tertiary/aromatic N) is 2. The predicted molar refractivity (Wildman–Crippen MR) is 257 cm³/mol. The van der Waals surface area contributed by atoms with E-state index in [1.54, 1.807) is 0 Å². The Bertz CT molecular complexity index is 2070. The minimum atomic E-state index is -0.414. The van der Waals surface area contributed by atoms with Crippen LogP contribution in [-0.2, 0) is 29.8 Å². The van der Waals surface area contributed by atoms with Crippen molar-refractivity contribution < 1.29 is 23.3 Å². The maximum absolute atomic E-state index is 12.7. The minimum Gasteiger partial charge on any atom is -0.384 e. The number of benzene rings is 2. The molecule has 0 amide bonds. The second-order valence-corrected chi connectivity index (χ2v) is 20.8. The fourth-order valence-electron chi connectivity index (χ4n) is 13.7. The molecule has 0 bridgehead atoms. The Balaban J connectivity index is 0.000000164. The standard InChI is InChI=1S/C29H38FNO2.C28H38N2O2/c30-18-21-32-26-13-12-23(24-9-1-2-10-25(24)26)8-7-14-28(27-11-3-6-19-31-27)17-20-33-29(22-28)15-4-5-16-29;1-31-20-22-11-12-25(24-9-3-2-8-23(22)24)29-18-15-27(26-10-4-7-17-30-26)16-19-32-28(21-27)13-5-6-14-28/h1-3,6,9-11,19,23,26H,4-5,7-8,12-18,20-22H2;2-4,7-10,17,22,25,29H,5-6,11-16,18-21H2,1H3/t23-,26-,28+;22-,25+,27-/m01/s1. The van der Waals surface area contributed by atoms with E-state index in [4.69, 9.17) is 28.9 Å². The summed E-state index contributed by atoms with van der Waals surface area (Å²) < 4.78 is 36.9. The van der Waals surface area contributed by atoms with Gasteiger partial charge >= 0.3 is 0 Å². The molecule has 7 nitrogen and oxygen atoms in total. The quantitative estimate of drug-likeness (QED) is 0.127. The van der Waals surface area contributed by atoms with Crippen LogP contribution in [0.5, 0.6) is 0 Å². The van der Waals surface area contributed by atoms with Gasteiger partial charge in [-0.2, -0.15) is 0 Å². The number of rotatable bonds is 15. The van der Waals surface area contributed by atoms with E-state index in [1.165, 1.54) is 117 Å². The molecule has 4 fully saturated rings. The highest BCUT2D eigenvalue weighted by molar-refractivity contribution is 5.36. The highest BCUT2D eigenvalue weighted by atomic mass is 19.1. The van der Waals surface area contributed by atoms with Gasteiger partial charge < -0.3 is 24.3 Å². The topological polar surface area (TPSA) is 74.7 Å². The zero-order chi connectivity index (χ0) is 44.4. The molecule has 10 rings (SSSR count). The van der Waals surface area contributed by atoms with Crippen LogP contribution in [0.2, 0.25) is 0 Å². The lowest BCUT2D eigenvalue weighted by atomic mass is 9.66. The first-order valence-electron chi connectivity index (χ1n) is 25.7. The summed E-state index contributed by atoms with van der Waals surface area (Å²) in [6.07, 6.45) is 27.6. The molecule has 6 aliphatic rings. The minimum absolute atomic E-state index is 0.0470. The van der Waals surface area contributed by atoms with E-state index in [0.29, 0.717) is 17.9 Å². The van der Waals surface area contributed by atoms with Crippen LogP contribution in [0.4, 0.5) is 4.39 Å². The number of nitrogens with one attached hydrogen (secondary N) is 1. The number of aromatic nitrogens is 2. The number of hydrogen-bond acceptors (Lipinski definition) is 7. The van der Waals surface area contributed by atoms with Gasteiger partial charge in [0.15, 0.2) is 0 Å². The number of ether oxygens (including phenoxy) is 4. The first kappa shape index (κ1) is 46.6. The van der Waals surface area contributed by atoms with Crippen molar-refractivity contribution >= 4 is 0 Å². The van der Waals surface area contributed by atoms with Crippen molar-refractivity contribution in [1.29, 1.82) is 0 Å². The van der Waals surface area contributed by atoms with Gasteiger partial charge in [0.05, 0.1) is 30.5 Å². The van der Waals surface area contributed by atoms with E-state index >= 15 is 0 Å². The Morgan fingerprint density at radius 1 is 0.631 bits per heavy atom. The van der Waals surface area contributed by atoms with E-state index in [-0.39, 0.29) is 34.7 Å². The summed E-state index contributed by atoms with van der Waals surface area (Å²) in [4.78, 5) is 9.73. The third-order valence-corrected chi connectivity index (χ3v) is 16.9. The van der Waals surface area contributed by atoms with Gasteiger partial charge in [0.25, 0.3) is 0 Å². The first-order valence-corrected chi connectivity index (χ1v) is 25.7. The van der Waals surface area contributed by atoms with Crippen LogP contribution < -0.4 is 5.32 Å².